The van der Waals surface area contributed by atoms with Gasteiger partial charge in [-0.05, 0) is 36.6 Å². The van der Waals surface area contributed by atoms with Crippen molar-refractivity contribution in [3.8, 4) is 0 Å². The lowest BCUT2D eigenvalue weighted by Gasteiger charge is -2.13. The van der Waals surface area contributed by atoms with E-state index in [2.05, 4.69) is 19.9 Å². The first kappa shape index (κ1) is 13.5. The van der Waals surface area contributed by atoms with E-state index in [0.717, 1.165) is 11.4 Å². The van der Waals surface area contributed by atoms with Crippen molar-refractivity contribution < 1.29 is 0 Å². The Morgan fingerprint density at radius 2 is 1.94 bits per heavy atom. The number of benzene rings is 1. The van der Waals surface area contributed by atoms with Gasteiger partial charge in [0.25, 0.3) is 0 Å². The lowest BCUT2D eigenvalue weighted by Crippen LogP contribution is -2.10. The standard InChI is InChI=1S/C14H22ClN/c1-3-4-5-6-7-14(16)12-8-11(2)9-13(15)10-12/h8-10,14H,3-7,16H2,1-2H3. The number of unbranched alkanes of at least 4 members (excludes halogenated alkanes) is 3. The monoisotopic (exact) mass is 239 g/mol. The van der Waals surface area contributed by atoms with Gasteiger partial charge in [-0.3, -0.25) is 0 Å². The van der Waals surface area contributed by atoms with E-state index in [1.165, 1.54) is 36.8 Å². The predicted molar refractivity (Wildman–Crippen MR) is 71.9 cm³/mol. The quantitative estimate of drug-likeness (QED) is 0.721. The molecule has 1 unspecified atom stereocenters. The van der Waals surface area contributed by atoms with Crippen molar-refractivity contribution in [2.45, 2.75) is 52.0 Å². The van der Waals surface area contributed by atoms with Gasteiger partial charge < -0.3 is 5.73 Å². The molecular formula is C14H22ClN. The summed E-state index contributed by atoms with van der Waals surface area (Å²) in [6.07, 6.45) is 6.12. The van der Waals surface area contributed by atoms with Gasteiger partial charge in [0.15, 0.2) is 0 Å². The second kappa shape index (κ2) is 6.93. The molecular weight excluding hydrogens is 218 g/mol. The minimum atomic E-state index is 0.134. The van der Waals surface area contributed by atoms with Gasteiger partial charge in [0.2, 0.25) is 0 Å². The molecule has 1 rings (SSSR count). The van der Waals surface area contributed by atoms with Crippen molar-refractivity contribution in [3.05, 3.63) is 34.3 Å². The maximum atomic E-state index is 6.16. The molecule has 0 saturated heterocycles. The third-order valence-corrected chi connectivity index (χ3v) is 3.08. The van der Waals surface area contributed by atoms with Crippen LogP contribution in [-0.4, -0.2) is 0 Å². The fourth-order valence-electron chi connectivity index (χ4n) is 1.94. The van der Waals surface area contributed by atoms with Crippen LogP contribution >= 0.6 is 11.6 Å². The summed E-state index contributed by atoms with van der Waals surface area (Å²) in [6, 6.07) is 6.22. The first-order valence-corrected chi connectivity index (χ1v) is 6.54. The molecule has 0 aliphatic heterocycles. The molecule has 16 heavy (non-hydrogen) atoms. The fraction of sp³-hybridized carbons (Fsp3) is 0.571. The highest BCUT2D eigenvalue weighted by atomic mass is 35.5. The third kappa shape index (κ3) is 4.54. The summed E-state index contributed by atoms with van der Waals surface area (Å²) >= 11 is 6.02. The molecule has 90 valence electrons. The summed E-state index contributed by atoms with van der Waals surface area (Å²) < 4.78 is 0. The molecule has 0 amide bonds. The Balaban J connectivity index is 2.48. The zero-order valence-electron chi connectivity index (χ0n) is 10.3. The van der Waals surface area contributed by atoms with Crippen molar-refractivity contribution in [2.75, 3.05) is 0 Å². The van der Waals surface area contributed by atoms with E-state index in [4.69, 9.17) is 17.3 Å². The van der Waals surface area contributed by atoms with Crippen LogP contribution in [0.1, 0.15) is 56.2 Å². The second-order valence-electron chi connectivity index (χ2n) is 4.52. The molecule has 1 atom stereocenters. The number of hydrogen-bond acceptors (Lipinski definition) is 1. The summed E-state index contributed by atoms with van der Waals surface area (Å²) in [5.41, 5.74) is 8.51. The maximum Gasteiger partial charge on any atom is 0.0411 e. The van der Waals surface area contributed by atoms with E-state index in [9.17, 15) is 0 Å². The Labute approximate surface area is 104 Å². The number of halogens is 1. The molecule has 0 aromatic heterocycles. The van der Waals surface area contributed by atoms with Crippen LogP contribution in [0, 0.1) is 6.92 Å². The predicted octanol–water partition coefficient (Wildman–Crippen LogP) is 4.62. The van der Waals surface area contributed by atoms with E-state index >= 15 is 0 Å². The lowest BCUT2D eigenvalue weighted by atomic mass is 9.99. The summed E-state index contributed by atoms with van der Waals surface area (Å²) in [7, 11) is 0. The average Bonchev–Trinajstić information content (AvgIpc) is 2.22. The number of aryl methyl sites for hydroxylation is 1. The molecule has 1 aromatic carbocycles. The Kier molecular flexibility index (Phi) is 5.86. The smallest absolute Gasteiger partial charge is 0.0411 e. The van der Waals surface area contributed by atoms with Gasteiger partial charge >= 0.3 is 0 Å². The van der Waals surface area contributed by atoms with Crippen LogP contribution in [0.25, 0.3) is 0 Å². The van der Waals surface area contributed by atoms with Crippen LogP contribution in [0.5, 0.6) is 0 Å². The fourth-order valence-corrected chi connectivity index (χ4v) is 2.23. The molecule has 0 spiro atoms. The Hall–Kier alpha value is -0.530. The average molecular weight is 240 g/mol. The number of hydrogen-bond donors (Lipinski definition) is 1. The first-order chi connectivity index (χ1) is 7.63. The van der Waals surface area contributed by atoms with E-state index in [1.54, 1.807) is 0 Å². The Morgan fingerprint density at radius 3 is 2.56 bits per heavy atom. The largest absolute Gasteiger partial charge is 0.324 e. The molecule has 2 heteroatoms. The minimum absolute atomic E-state index is 0.134. The Morgan fingerprint density at radius 1 is 1.19 bits per heavy atom. The van der Waals surface area contributed by atoms with Crippen LogP contribution in [0.15, 0.2) is 18.2 Å². The molecule has 1 aromatic rings. The van der Waals surface area contributed by atoms with Crippen LogP contribution in [0.3, 0.4) is 0 Å². The first-order valence-electron chi connectivity index (χ1n) is 6.16. The lowest BCUT2D eigenvalue weighted by molar-refractivity contribution is 0.566. The summed E-state index contributed by atoms with van der Waals surface area (Å²) in [5.74, 6) is 0. The highest BCUT2D eigenvalue weighted by Gasteiger charge is 2.06. The topological polar surface area (TPSA) is 26.0 Å². The van der Waals surface area contributed by atoms with Crippen LogP contribution in [-0.2, 0) is 0 Å². The molecule has 0 saturated carbocycles. The van der Waals surface area contributed by atoms with Gasteiger partial charge in [-0.1, -0.05) is 50.3 Å². The zero-order chi connectivity index (χ0) is 12.0. The molecule has 0 radical (unpaired) electrons. The van der Waals surface area contributed by atoms with Gasteiger partial charge in [-0.25, -0.2) is 0 Å². The molecule has 0 heterocycles. The normalized spacial score (nSPS) is 12.8. The van der Waals surface area contributed by atoms with Crippen LogP contribution in [0.2, 0.25) is 5.02 Å². The Bertz CT molecular complexity index is 302. The third-order valence-electron chi connectivity index (χ3n) is 2.86. The van der Waals surface area contributed by atoms with Gasteiger partial charge in [0.1, 0.15) is 0 Å². The molecule has 2 N–H and O–H groups in total. The molecule has 0 aliphatic rings. The van der Waals surface area contributed by atoms with Crippen molar-refractivity contribution in [2.24, 2.45) is 5.73 Å². The van der Waals surface area contributed by atoms with E-state index in [-0.39, 0.29) is 6.04 Å². The SMILES string of the molecule is CCCCCCC(N)c1cc(C)cc(Cl)c1. The number of rotatable bonds is 6. The van der Waals surface area contributed by atoms with Crippen molar-refractivity contribution >= 4 is 11.6 Å². The summed E-state index contributed by atoms with van der Waals surface area (Å²) in [5, 5.41) is 0.791. The van der Waals surface area contributed by atoms with Crippen molar-refractivity contribution in [1.82, 2.24) is 0 Å². The molecule has 0 aliphatic carbocycles. The van der Waals surface area contributed by atoms with Gasteiger partial charge in [-0.2, -0.15) is 0 Å². The second-order valence-corrected chi connectivity index (χ2v) is 4.95. The van der Waals surface area contributed by atoms with Gasteiger partial charge in [-0.15, -0.1) is 0 Å². The van der Waals surface area contributed by atoms with E-state index in [1.807, 2.05) is 12.1 Å². The van der Waals surface area contributed by atoms with Gasteiger partial charge in [0, 0.05) is 11.1 Å². The van der Waals surface area contributed by atoms with Crippen LogP contribution < -0.4 is 5.73 Å². The van der Waals surface area contributed by atoms with Crippen molar-refractivity contribution in [1.29, 1.82) is 0 Å². The number of nitrogens with two attached hydrogens (primary N) is 1. The zero-order valence-corrected chi connectivity index (χ0v) is 11.1. The molecule has 1 nitrogen and oxygen atoms in total. The van der Waals surface area contributed by atoms with Crippen molar-refractivity contribution in [3.63, 3.8) is 0 Å². The highest BCUT2D eigenvalue weighted by Crippen LogP contribution is 2.22. The summed E-state index contributed by atoms with van der Waals surface area (Å²) in [6.45, 7) is 4.28. The van der Waals surface area contributed by atoms with E-state index < -0.39 is 0 Å². The van der Waals surface area contributed by atoms with E-state index in [0.29, 0.717) is 0 Å². The molecule has 0 bridgehead atoms. The maximum absolute atomic E-state index is 6.16. The van der Waals surface area contributed by atoms with Crippen LogP contribution in [0.4, 0.5) is 0 Å². The highest BCUT2D eigenvalue weighted by molar-refractivity contribution is 6.30. The minimum Gasteiger partial charge on any atom is -0.324 e. The van der Waals surface area contributed by atoms with Gasteiger partial charge in [0.05, 0.1) is 0 Å². The summed E-state index contributed by atoms with van der Waals surface area (Å²) in [4.78, 5) is 0. The molecule has 0 fully saturated rings.